The van der Waals surface area contributed by atoms with Crippen molar-refractivity contribution in [3.63, 3.8) is 0 Å². The Morgan fingerprint density at radius 1 is 1.19 bits per heavy atom. The monoisotopic (exact) mass is 393 g/mol. The van der Waals surface area contributed by atoms with Gasteiger partial charge >= 0.3 is 5.97 Å². The highest BCUT2D eigenvalue weighted by Crippen LogP contribution is 2.36. The molecule has 150 valence electrons. The normalized spacial score (nSPS) is 23.8. The summed E-state index contributed by atoms with van der Waals surface area (Å²) < 4.78 is 10.5. The molecule has 1 aromatic heterocycles. The van der Waals surface area contributed by atoms with E-state index >= 15 is 0 Å². The molecule has 2 heterocycles. The zero-order chi connectivity index (χ0) is 19.4. The summed E-state index contributed by atoms with van der Waals surface area (Å²) in [6.07, 6.45) is 6.02. The lowest BCUT2D eigenvalue weighted by molar-refractivity contribution is -0.123. The molecule has 0 spiro atoms. The minimum Gasteiger partial charge on any atom is -0.465 e. The predicted octanol–water partition coefficient (Wildman–Crippen LogP) is 4.43. The number of anilines is 1. The van der Waals surface area contributed by atoms with E-state index < -0.39 is 0 Å². The predicted molar refractivity (Wildman–Crippen MR) is 107 cm³/mol. The lowest BCUT2D eigenvalue weighted by Gasteiger charge is -2.34. The Hall–Kier alpha value is -1.40. The molecule has 1 saturated carbocycles. The van der Waals surface area contributed by atoms with Gasteiger partial charge in [0.05, 0.1) is 12.8 Å². The fourth-order valence-electron chi connectivity index (χ4n) is 4.16. The molecule has 0 N–H and O–H groups in total. The van der Waals surface area contributed by atoms with Gasteiger partial charge in [0.25, 0.3) is 0 Å². The number of methoxy groups -OCH3 is 1. The zero-order valence-electron chi connectivity index (χ0n) is 16.7. The Kier molecular flexibility index (Phi) is 6.93. The number of hydrogen-bond acceptors (Lipinski definition) is 5. The number of ether oxygens (including phenoxy) is 2. The average Bonchev–Trinajstić information content (AvgIpc) is 3.08. The van der Waals surface area contributed by atoms with Crippen molar-refractivity contribution in [2.45, 2.75) is 52.4 Å². The number of nitrogens with zero attached hydrogens (tertiary/aromatic N) is 1. The van der Waals surface area contributed by atoms with Crippen molar-refractivity contribution in [1.29, 1.82) is 0 Å². The number of thiophene rings is 1. The van der Waals surface area contributed by atoms with Crippen LogP contribution in [0.5, 0.6) is 0 Å². The van der Waals surface area contributed by atoms with Gasteiger partial charge in [-0.1, -0.05) is 6.92 Å². The lowest BCUT2D eigenvalue weighted by atomic mass is 9.82. The second-order valence-corrected chi connectivity index (χ2v) is 9.28. The van der Waals surface area contributed by atoms with Gasteiger partial charge in [0.15, 0.2) is 0 Å². The van der Waals surface area contributed by atoms with Crippen LogP contribution >= 0.6 is 11.3 Å². The van der Waals surface area contributed by atoms with Gasteiger partial charge in [-0.3, -0.25) is 4.79 Å². The molecular formula is C21H31NO4S. The Morgan fingerprint density at radius 3 is 2.48 bits per heavy atom. The molecule has 1 aliphatic carbocycles. The maximum absolute atomic E-state index is 13.5. The molecular weight excluding hydrogens is 362 g/mol. The van der Waals surface area contributed by atoms with Gasteiger partial charge in [-0.2, -0.15) is 0 Å². The van der Waals surface area contributed by atoms with Gasteiger partial charge < -0.3 is 14.4 Å². The highest BCUT2D eigenvalue weighted by Gasteiger charge is 2.33. The molecule has 0 atom stereocenters. The van der Waals surface area contributed by atoms with Gasteiger partial charge in [-0.05, 0) is 63.4 Å². The van der Waals surface area contributed by atoms with Crippen LogP contribution in [0.2, 0.25) is 0 Å². The van der Waals surface area contributed by atoms with Gasteiger partial charge in [-0.25, -0.2) is 4.79 Å². The van der Waals surface area contributed by atoms with Crippen LogP contribution < -0.4 is 4.90 Å². The fraction of sp³-hybridized carbons (Fsp3) is 0.714. The maximum atomic E-state index is 13.5. The van der Waals surface area contributed by atoms with Gasteiger partial charge in [0, 0.05) is 30.6 Å². The standard InChI is InChI=1S/C21H31NO4S/c1-14-4-6-17(7-5-14)20(23)22(13-16-8-10-26-11-9-16)18-12-15(2)27-19(18)21(24)25-3/h12,14,16-17H,4-11,13H2,1-3H3. The first-order valence-corrected chi connectivity index (χ1v) is 10.9. The number of rotatable bonds is 5. The minimum absolute atomic E-state index is 0.0618. The third-order valence-corrected chi connectivity index (χ3v) is 6.93. The van der Waals surface area contributed by atoms with E-state index in [1.165, 1.54) is 18.4 Å². The number of hydrogen-bond donors (Lipinski definition) is 0. The van der Waals surface area contributed by atoms with Crippen LogP contribution in [-0.4, -0.2) is 38.7 Å². The number of carbonyl (C=O) groups excluding carboxylic acids is 2. The molecule has 5 nitrogen and oxygen atoms in total. The summed E-state index contributed by atoms with van der Waals surface area (Å²) in [7, 11) is 1.40. The van der Waals surface area contributed by atoms with Crippen LogP contribution in [0.4, 0.5) is 5.69 Å². The highest BCUT2D eigenvalue weighted by molar-refractivity contribution is 7.14. The molecule has 3 rings (SSSR count). The third kappa shape index (κ3) is 4.91. The molecule has 6 heteroatoms. The fourth-order valence-corrected chi connectivity index (χ4v) is 5.09. The van der Waals surface area contributed by atoms with E-state index in [9.17, 15) is 9.59 Å². The molecule has 0 radical (unpaired) electrons. The summed E-state index contributed by atoms with van der Waals surface area (Å²) in [4.78, 5) is 29.3. The van der Waals surface area contributed by atoms with Crippen molar-refractivity contribution in [3.8, 4) is 0 Å². The van der Waals surface area contributed by atoms with Gasteiger partial charge in [0.2, 0.25) is 5.91 Å². The molecule has 2 aliphatic rings. The summed E-state index contributed by atoms with van der Waals surface area (Å²) in [5.74, 6) is 0.996. The van der Waals surface area contributed by atoms with E-state index in [-0.39, 0.29) is 17.8 Å². The van der Waals surface area contributed by atoms with Crippen molar-refractivity contribution in [2.75, 3.05) is 31.8 Å². The lowest BCUT2D eigenvalue weighted by Crippen LogP contribution is -2.42. The first-order chi connectivity index (χ1) is 13.0. The number of esters is 1. The minimum atomic E-state index is -0.356. The smallest absolute Gasteiger partial charge is 0.350 e. The zero-order valence-corrected chi connectivity index (χ0v) is 17.5. The Balaban J connectivity index is 1.87. The Morgan fingerprint density at radius 2 is 1.85 bits per heavy atom. The van der Waals surface area contributed by atoms with Crippen LogP contribution in [0, 0.1) is 24.7 Å². The quantitative estimate of drug-likeness (QED) is 0.695. The van der Waals surface area contributed by atoms with E-state index in [0.29, 0.717) is 23.3 Å². The molecule has 2 fully saturated rings. The van der Waals surface area contributed by atoms with Crippen LogP contribution in [-0.2, 0) is 14.3 Å². The molecule has 1 aromatic rings. The molecule has 1 aliphatic heterocycles. The Bertz CT molecular complexity index is 657. The second-order valence-electron chi connectivity index (χ2n) is 8.02. The van der Waals surface area contributed by atoms with E-state index in [2.05, 4.69) is 6.92 Å². The second kappa shape index (κ2) is 9.20. The summed E-state index contributed by atoms with van der Waals surface area (Å²) in [5, 5.41) is 0. The average molecular weight is 394 g/mol. The van der Waals surface area contributed by atoms with E-state index in [4.69, 9.17) is 9.47 Å². The van der Waals surface area contributed by atoms with Crippen molar-refractivity contribution in [3.05, 3.63) is 15.8 Å². The van der Waals surface area contributed by atoms with E-state index in [1.54, 1.807) is 0 Å². The van der Waals surface area contributed by atoms with E-state index in [0.717, 1.165) is 62.3 Å². The van der Waals surface area contributed by atoms with Crippen molar-refractivity contribution < 1.29 is 19.1 Å². The molecule has 1 amide bonds. The van der Waals surface area contributed by atoms with Crippen LogP contribution in [0.3, 0.4) is 0 Å². The van der Waals surface area contributed by atoms with Crippen molar-refractivity contribution >= 4 is 28.9 Å². The first kappa shape index (κ1) is 20.3. The van der Waals surface area contributed by atoms with Crippen LogP contribution in [0.15, 0.2) is 6.07 Å². The van der Waals surface area contributed by atoms with Crippen LogP contribution in [0.1, 0.15) is 60.0 Å². The van der Waals surface area contributed by atoms with Gasteiger partial charge in [-0.15, -0.1) is 11.3 Å². The Labute approximate surface area is 166 Å². The SMILES string of the molecule is COC(=O)c1sc(C)cc1N(CC1CCOCC1)C(=O)C1CCC(C)CC1. The summed E-state index contributed by atoms with van der Waals surface area (Å²) in [6, 6.07) is 1.97. The highest BCUT2D eigenvalue weighted by atomic mass is 32.1. The molecule has 27 heavy (non-hydrogen) atoms. The number of carbonyl (C=O) groups is 2. The van der Waals surface area contributed by atoms with Crippen LogP contribution in [0.25, 0.3) is 0 Å². The number of aryl methyl sites for hydroxylation is 1. The first-order valence-electron chi connectivity index (χ1n) is 10.1. The van der Waals surface area contributed by atoms with Gasteiger partial charge in [0.1, 0.15) is 4.88 Å². The summed E-state index contributed by atoms with van der Waals surface area (Å²) in [6.45, 7) is 6.40. The molecule has 0 unspecified atom stereocenters. The van der Waals surface area contributed by atoms with Crippen molar-refractivity contribution in [1.82, 2.24) is 0 Å². The summed E-state index contributed by atoms with van der Waals surface area (Å²) >= 11 is 1.41. The molecule has 0 bridgehead atoms. The number of amides is 1. The van der Waals surface area contributed by atoms with Crippen molar-refractivity contribution in [2.24, 2.45) is 17.8 Å². The molecule has 0 aromatic carbocycles. The maximum Gasteiger partial charge on any atom is 0.350 e. The van der Waals surface area contributed by atoms with E-state index in [1.807, 2.05) is 17.9 Å². The third-order valence-electron chi connectivity index (χ3n) is 5.91. The topological polar surface area (TPSA) is 55.8 Å². The summed E-state index contributed by atoms with van der Waals surface area (Å²) in [5.41, 5.74) is 0.736. The molecule has 1 saturated heterocycles. The largest absolute Gasteiger partial charge is 0.465 e.